The van der Waals surface area contributed by atoms with Gasteiger partial charge in [-0.1, -0.05) is 29.4 Å². The minimum Gasteiger partial charge on any atom is -0.333 e. The smallest absolute Gasteiger partial charge is 0.268 e. The molecular weight excluding hydrogens is 334 g/mol. The standard InChI is InChI=1S/C18H11N5OS/c19-10-14(18-21-17(22-24-18)16-7-4-8-25-16)9-13-11-20-23(12-13)15-5-2-1-3-6-15/h1-9,11-12H/b14-9+. The molecule has 0 fully saturated rings. The molecule has 0 aliphatic heterocycles. The summed E-state index contributed by atoms with van der Waals surface area (Å²) in [5.74, 6) is 0.671. The Labute approximate surface area is 147 Å². The van der Waals surface area contributed by atoms with Gasteiger partial charge in [0.05, 0.1) is 16.8 Å². The maximum atomic E-state index is 9.43. The lowest BCUT2D eigenvalue weighted by Crippen LogP contribution is -1.92. The van der Waals surface area contributed by atoms with E-state index in [1.165, 1.54) is 11.3 Å². The van der Waals surface area contributed by atoms with E-state index >= 15 is 0 Å². The lowest BCUT2D eigenvalue weighted by Gasteiger charge is -1.98. The minimum absolute atomic E-state index is 0.193. The lowest BCUT2D eigenvalue weighted by molar-refractivity contribution is 0.409. The van der Waals surface area contributed by atoms with Crippen molar-refractivity contribution >= 4 is 23.0 Å². The van der Waals surface area contributed by atoms with E-state index in [0.717, 1.165) is 16.1 Å². The van der Waals surface area contributed by atoms with E-state index < -0.39 is 0 Å². The maximum absolute atomic E-state index is 9.43. The molecule has 0 saturated carbocycles. The van der Waals surface area contributed by atoms with E-state index in [0.29, 0.717) is 11.4 Å². The molecule has 0 N–H and O–H groups in total. The summed E-state index contributed by atoms with van der Waals surface area (Å²) in [4.78, 5) is 5.19. The number of para-hydroxylation sites is 1. The van der Waals surface area contributed by atoms with Crippen molar-refractivity contribution in [3.63, 3.8) is 0 Å². The first-order valence-corrected chi connectivity index (χ1v) is 8.31. The number of nitrogens with zero attached hydrogens (tertiary/aromatic N) is 5. The van der Waals surface area contributed by atoms with Crippen LogP contribution in [-0.4, -0.2) is 19.9 Å². The van der Waals surface area contributed by atoms with Crippen LogP contribution in [0.5, 0.6) is 0 Å². The van der Waals surface area contributed by atoms with Gasteiger partial charge < -0.3 is 4.52 Å². The zero-order valence-corrected chi connectivity index (χ0v) is 13.7. The third-order valence-corrected chi connectivity index (χ3v) is 4.32. The maximum Gasteiger partial charge on any atom is 0.268 e. The van der Waals surface area contributed by atoms with Crippen molar-refractivity contribution in [1.82, 2.24) is 19.9 Å². The van der Waals surface area contributed by atoms with E-state index in [4.69, 9.17) is 4.52 Å². The molecule has 1 aromatic carbocycles. The van der Waals surface area contributed by atoms with Crippen LogP contribution in [0.3, 0.4) is 0 Å². The quantitative estimate of drug-likeness (QED) is 0.521. The molecule has 4 aromatic rings. The molecule has 0 amide bonds. The molecule has 3 heterocycles. The molecule has 0 bridgehead atoms. The highest BCUT2D eigenvalue weighted by Gasteiger charge is 2.14. The Bertz CT molecular complexity index is 1050. The summed E-state index contributed by atoms with van der Waals surface area (Å²) in [5, 5.41) is 19.6. The predicted octanol–water partition coefficient (Wildman–Crippen LogP) is 4.05. The van der Waals surface area contributed by atoms with Gasteiger partial charge in [-0.05, 0) is 29.7 Å². The molecule has 3 aromatic heterocycles. The normalized spacial score (nSPS) is 11.4. The first-order valence-electron chi connectivity index (χ1n) is 7.43. The van der Waals surface area contributed by atoms with Gasteiger partial charge in [0.1, 0.15) is 11.6 Å². The molecule has 0 aliphatic carbocycles. The number of rotatable bonds is 4. The third-order valence-electron chi connectivity index (χ3n) is 3.45. The van der Waals surface area contributed by atoms with Crippen LogP contribution < -0.4 is 0 Å². The summed E-state index contributed by atoms with van der Waals surface area (Å²) < 4.78 is 6.97. The van der Waals surface area contributed by atoms with Gasteiger partial charge in [-0.25, -0.2) is 4.68 Å². The first-order chi connectivity index (χ1) is 12.3. The van der Waals surface area contributed by atoms with Crippen molar-refractivity contribution in [2.75, 3.05) is 0 Å². The Kier molecular flexibility index (Phi) is 3.94. The zero-order chi connectivity index (χ0) is 17.1. The predicted molar refractivity (Wildman–Crippen MR) is 94.7 cm³/mol. The van der Waals surface area contributed by atoms with E-state index in [2.05, 4.69) is 21.3 Å². The fourth-order valence-corrected chi connectivity index (χ4v) is 2.93. The number of nitriles is 1. The van der Waals surface area contributed by atoms with Gasteiger partial charge in [0.15, 0.2) is 0 Å². The van der Waals surface area contributed by atoms with E-state index in [1.807, 2.05) is 54.0 Å². The number of allylic oxidation sites excluding steroid dienone is 1. The third kappa shape index (κ3) is 3.11. The fourth-order valence-electron chi connectivity index (χ4n) is 2.28. The van der Waals surface area contributed by atoms with Crippen LogP contribution in [0.15, 0.2) is 64.8 Å². The van der Waals surface area contributed by atoms with Crippen LogP contribution in [0.25, 0.3) is 28.0 Å². The van der Waals surface area contributed by atoms with Crippen LogP contribution in [0.1, 0.15) is 11.5 Å². The molecule has 120 valence electrons. The highest BCUT2D eigenvalue weighted by atomic mass is 32.1. The average molecular weight is 345 g/mol. The average Bonchev–Trinajstić information content (AvgIpc) is 3.41. The van der Waals surface area contributed by atoms with Gasteiger partial charge in [0, 0.05) is 11.8 Å². The summed E-state index contributed by atoms with van der Waals surface area (Å²) in [7, 11) is 0. The number of benzene rings is 1. The number of aromatic nitrogens is 4. The van der Waals surface area contributed by atoms with Crippen molar-refractivity contribution < 1.29 is 4.52 Å². The molecule has 0 spiro atoms. The molecule has 0 unspecified atom stereocenters. The molecule has 25 heavy (non-hydrogen) atoms. The lowest BCUT2D eigenvalue weighted by atomic mass is 10.2. The topological polar surface area (TPSA) is 80.5 Å². The summed E-state index contributed by atoms with van der Waals surface area (Å²) in [5.41, 5.74) is 2.01. The van der Waals surface area contributed by atoms with Crippen molar-refractivity contribution in [2.24, 2.45) is 0 Å². The van der Waals surface area contributed by atoms with Crippen molar-refractivity contribution in [2.45, 2.75) is 0 Å². The Balaban J connectivity index is 1.64. The zero-order valence-electron chi connectivity index (χ0n) is 12.9. The largest absolute Gasteiger partial charge is 0.333 e. The number of thiophene rings is 1. The van der Waals surface area contributed by atoms with Crippen molar-refractivity contribution in [3.8, 4) is 22.5 Å². The van der Waals surface area contributed by atoms with Gasteiger partial charge in [-0.15, -0.1) is 11.3 Å². The van der Waals surface area contributed by atoms with Crippen molar-refractivity contribution in [3.05, 3.63) is 71.7 Å². The first kappa shape index (κ1) is 15.1. The Morgan fingerprint density at radius 3 is 2.84 bits per heavy atom. The molecule has 0 radical (unpaired) electrons. The molecule has 4 rings (SSSR count). The summed E-state index contributed by atoms with van der Waals surface area (Å²) in [6.45, 7) is 0. The monoisotopic (exact) mass is 345 g/mol. The molecule has 0 aliphatic rings. The van der Waals surface area contributed by atoms with Gasteiger partial charge in [0.25, 0.3) is 5.89 Å². The van der Waals surface area contributed by atoms with Crippen LogP contribution in [0.2, 0.25) is 0 Å². The minimum atomic E-state index is 0.193. The Morgan fingerprint density at radius 1 is 1.20 bits per heavy atom. The highest BCUT2D eigenvalue weighted by Crippen LogP contribution is 2.24. The molecular formula is C18H11N5OS. The fraction of sp³-hybridized carbons (Fsp3) is 0. The highest BCUT2D eigenvalue weighted by molar-refractivity contribution is 7.13. The van der Waals surface area contributed by atoms with Gasteiger partial charge in [-0.2, -0.15) is 15.3 Å². The Morgan fingerprint density at radius 2 is 2.08 bits per heavy atom. The van der Waals surface area contributed by atoms with Crippen LogP contribution in [0, 0.1) is 11.3 Å². The number of hydrogen-bond donors (Lipinski definition) is 0. The summed E-state index contributed by atoms with van der Waals surface area (Å²) >= 11 is 1.51. The molecule has 6 nitrogen and oxygen atoms in total. The second kappa shape index (κ2) is 6.55. The van der Waals surface area contributed by atoms with Crippen molar-refractivity contribution in [1.29, 1.82) is 5.26 Å². The van der Waals surface area contributed by atoms with Crippen LogP contribution in [-0.2, 0) is 0 Å². The molecule has 0 saturated heterocycles. The molecule has 7 heteroatoms. The van der Waals surface area contributed by atoms with Gasteiger partial charge in [0.2, 0.25) is 5.82 Å². The SMILES string of the molecule is N#C/C(=C\c1cnn(-c2ccccc2)c1)c1nc(-c2cccs2)no1. The van der Waals surface area contributed by atoms with E-state index in [9.17, 15) is 5.26 Å². The van der Waals surface area contributed by atoms with Gasteiger partial charge in [-0.3, -0.25) is 0 Å². The van der Waals surface area contributed by atoms with Crippen LogP contribution in [0.4, 0.5) is 0 Å². The summed E-state index contributed by atoms with van der Waals surface area (Å²) in [6, 6.07) is 15.7. The van der Waals surface area contributed by atoms with E-state index in [1.54, 1.807) is 17.0 Å². The second-order valence-corrected chi connectivity index (χ2v) is 6.07. The Hall–Kier alpha value is -3.50. The number of hydrogen-bond acceptors (Lipinski definition) is 6. The van der Waals surface area contributed by atoms with E-state index in [-0.39, 0.29) is 5.89 Å². The van der Waals surface area contributed by atoms with Crippen LogP contribution >= 0.6 is 11.3 Å². The summed E-state index contributed by atoms with van der Waals surface area (Å²) in [6.07, 6.45) is 5.20. The molecule has 0 atom stereocenters. The second-order valence-electron chi connectivity index (χ2n) is 5.12. The van der Waals surface area contributed by atoms with Gasteiger partial charge >= 0.3 is 0 Å².